The molecule has 0 amide bonds. The minimum Gasteiger partial charge on any atom is -0.356 e. The van der Waals surface area contributed by atoms with E-state index in [1.807, 2.05) is 30.3 Å². The van der Waals surface area contributed by atoms with E-state index in [-0.39, 0.29) is 18.0 Å². The first kappa shape index (κ1) is 17.2. The number of nitrogens with zero attached hydrogens (tertiary/aromatic N) is 2. The molecule has 0 saturated carbocycles. The molecular weight excluding hydrogens is 331 g/mol. The molecule has 1 heterocycles. The fraction of sp³-hybridized carbons (Fsp3) is 0.222. The third kappa shape index (κ3) is 4.67. The highest BCUT2D eigenvalue weighted by atomic mass is 19.4. The summed E-state index contributed by atoms with van der Waals surface area (Å²) in [5.74, 6) is 0.768. The number of halogens is 3. The van der Waals surface area contributed by atoms with Crippen LogP contribution in [0.1, 0.15) is 28.9 Å². The summed E-state index contributed by atoms with van der Waals surface area (Å²) in [5, 5.41) is 6.67. The Bertz CT molecular complexity index is 788. The zero-order valence-corrected chi connectivity index (χ0v) is 13.2. The first-order chi connectivity index (χ1) is 12.0. The molecule has 0 aliphatic heterocycles. The summed E-state index contributed by atoms with van der Waals surface area (Å²) in [4.78, 5) is 4.19. The predicted octanol–water partition coefficient (Wildman–Crippen LogP) is 4.22. The average molecular weight is 347 g/mol. The average Bonchev–Trinajstić information content (AvgIpc) is 3.03. The molecule has 0 aliphatic rings. The topological polar surface area (TPSA) is 50.8 Å². The van der Waals surface area contributed by atoms with Crippen molar-refractivity contribution in [2.75, 3.05) is 0 Å². The van der Waals surface area contributed by atoms with Crippen LogP contribution < -0.4 is 0 Å². The molecule has 7 heteroatoms. The molecule has 0 unspecified atom stereocenters. The van der Waals surface area contributed by atoms with Crippen molar-refractivity contribution in [3.05, 3.63) is 83.4 Å². The van der Waals surface area contributed by atoms with Crippen molar-refractivity contribution in [2.45, 2.75) is 25.3 Å². The van der Waals surface area contributed by atoms with Gasteiger partial charge in [-0.05, 0) is 11.1 Å². The maximum absolute atomic E-state index is 13.2. The highest BCUT2D eigenvalue weighted by Gasteiger charge is 2.42. The van der Waals surface area contributed by atoms with Gasteiger partial charge in [0.2, 0.25) is 0 Å². The monoisotopic (exact) mass is 347 g/mol. The van der Waals surface area contributed by atoms with Crippen LogP contribution in [0.4, 0.5) is 13.2 Å². The molecule has 0 fully saturated rings. The van der Waals surface area contributed by atoms with Gasteiger partial charge in [-0.25, -0.2) is 4.98 Å². The second kappa shape index (κ2) is 7.48. The number of aromatic amines is 1. The van der Waals surface area contributed by atoms with Crippen LogP contribution in [0, 0.1) is 0 Å². The normalized spacial score (nSPS) is 12.9. The van der Waals surface area contributed by atoms with Crippen molar-refractivity contribution in [3.8, 4) is 0 Å². The van der Waals surface area contributed by atoms with E-state index in [2.05, 4.69) is 15.2 Å². The summed E-state index contributed by atoms with van der Waals surface area (Å²) in [6, 6.07) is 17.1. The Kier molecular flexibility index (Phi) is 5.14. The van der Waals surface area contributed by atoms with E-state index in [4.69, 9.17) is 4.74 Å². The fourth-order valence-electron chi connectivity index (χ4n) is 2.43. The maximum Gasteiger partial charge on any atom is 0.418 e. The van der Waals surface area contributed by atoms with Crippen molar-refractivity contribution >= 4 is 0 Å². The van der Waals surface area contributed by atoms with Gasteiger partial charge in [0.25, 0.3) is 0 Å². The van der Waals surface area contributed by atoms with Crippen LogP contribution in [0.2, 0.25) is 0 Å². The van der Waals surface area contributed by atoms with Gasteiger partial charge < -0.3 is 4.74 Å². The molecule has 0 radical (unpaired) electrons. The van der Waals surface area contributed by atoms with Crippen molar-refractivity contribution in [3.63, 3.8) is 0 Å². The third-order valence-electron chi connectivity index (χ3n) is 3.57. The Balaban J connectivity index is 1.66. The lowest BCUT2D eigenvalue weighted by molar-refractivity contribution is -0.227. The van der Waals surface area contributed by atoms with Gasteiger partial charge in [0.05, 0.1) is 0 Å². The second-order valence-electron chi connectivity index (χ2n) is 5.50. The molecule has 25 heavy (non-hydrogen) atoms. The predicted molar refractivity (Wildman–Crippen MR) is 85.7 cm³/mol. The lowest BCUT2D eigenvalue weighted by atomic mass is 10.1. The molecule has 1 N–H and O–H groups in total. The molecule has 3 aromatic rings. The molecular formula is C18H16F3N3O. The molecule has 3 rings (SSSR count). The Morgan fingerprint density at radius 1 is 0.960 bits per heavy atom. The van der Waals surface area contributed by atoms with Gasteiger partial charge in [-0.3, -0.25) is 5.10 Å². The Morgan fingerprint density at radius 3 is 2.24 bits per heavy atom. The minimum absolute atomic E-state index is 0.0510. The number of nitrogens with one attached hydrogen (secondary N) is 1. The highest BCUT2D eigenvalue weighted by molar-refractivity contribution is 5.20. The number of ether oxygens (including phenoxy) is 1. The zero-order chi connectivity index (χ0) is 17.7. The molecule has 0 aliphatic carbocycles. The number of alkyl halides is 3. The first-order valence-corrected chi connectivity index (χ1v) is 7.70. The molecule has 0 spiro atoms. The maximum atomic E-state index is 13.2. The largest absolute Gasteiger partial charge is 0.418 e. The van der Waals surface area contributed by atoms with Crippen LogP contribution in [0.25, 0.3) is 0 Å². The number of aromatic nitrogens is 3. The molecule has 1 aromatic heterocycles. The van der Waals surface area contributed by atoms with Gasteiger partial charge in [-0.15, -0.1) is 0 Å². The van der Waals surface area contributed by atoms with Crippen LogP contribution in [0.3, 0.4) is 0 Å². The van der Waals surface area contributed by atoms with Crippen LogP contribution in [-0.2, 0) is 17.8 Å². The van der Waals surface area contributed by atoms with E-state index < -0.39 is 12.3 Å². The zero-order valence-electron chi connectivity index (χ0n) is 13.2. The fourth-order valence-corrected chi connectivity index (χ4v) is 2.43. The summed E-state index contributed by atoms with van der Waals surface area (Å²) in [6.07, 6.45) is -6.00. The summed E-state index contributed by atoms with van der Waals surface area (Å²) in [7, 11) is 0. The lowest BCUT2D eigenvalue weighted by Crippen LogP contribution is -2.23. The van der Waals surface area contributed by atoms with Crippen LogP contribution >= 0.6 is 0 Å². The Morgan fingerprint density at radius 2 is 1.60 bits per heavy atom. The van der Waals surface area contributed by atoms with E-state index in [0.717, 1.165) is 5.56 Å². The number of H-pyrrole nitrogens is 1. The summed E-state index contributed by atoms with van der Waals surface area (Å²) in [6.45, 7) is -0.329. The number of rotatable bonds is 6. The van der Waals surface area contributed by atoms with Crippen LogP contribution in [0.5, 0.6) is 0 Å². The van der Waals surface area contributed by atoms with Gasteiger partial charge >= 0.3 is 6.18 Å². The van der Waals surface area contributed by atoms with Crippen LogP contribution in [-0.4, -0.2) is 21.4 Å². The Labute approximate surface area is 142 Å². The summed E-state index contributed by atoms with van der Waals surface area (Å²) >= 11 is 0. The van der Waals surface area contributed by atoms with Crippen molar-refractivity contribution in [1.82, 2.24) is 15.2 Å². The van der Waals surface area contributed by atoms with Gasteiger partial charge in [0.15, 0.2) is 11.9 Å². The number of benzene rings is 2. The van der Waals surface area contributed by atoms with E-state index >= 15 is 0 Å². The van der Waals surface area contributed by atoms with Crippen LogP contribution in [0.15, 0.2) is 60.7 Å². The van der Waals surface area contributed by atoms with Crippen molar-refractivity contribution in [1.29, 1.82) is 0 Å². The second-order valence-corrected chi connectivity index (χ2v) is 5.50. The third-order valence-corrected chi connectivity index (χ3v) is 3.57. The summed E-state index contributed by atoms with van der Waals surface area (Å²) < 4.78 is 44.8. The number of hydrogen-bond acceptors (Lipinski definition) is 3. The quantitative estimate of drug-likeness (QED) is 0.726. The van der Waals surface area contributed by atoms with Gasteiger partial charge in [-0.2, -0.15) is 18.3 Å². The summed E-state index contributed by atoms with van der Waals surface area (Å²) in [5.41, 5.74) is 1.08. The molecule has 2 aromatic carbocycles. The Hall–Kier alpha value is -2.67. The van der Waals surface area contributed by atoms with Gasteiger partial charge in [0, 0.05) is 6.42 Å². The standard InChI is InChI=1S/C18H16F3N3O/c19-18(20,21)17(14-9-5-2-6-10-14)25-12-16-22-15(23-24-16)11-13-7-3-1-4-8-13/h1-10,17H,11-12H2,(H,22,23,24)/t17-/m0/s1. The SMILES string of the molecule is FC(F)(F)[C@@H](OCc1n[nH]c(Cc2ccccc2)n1)c1ccccc1. The molecule has 1 atom stereocenters. The van der Waals surface area contributed by atoms with E-state index in [1.54, 1.807) is 18.2 Å². The molecule has 130 valence electrons. The molecule has 0 saturated heterocycles. The van der Waals surface area contributed by atoms with E-state index in [9.17, 15) is 13.2 Å². The lowest BCUT2D eigenvalue weighted by Gasteiger charge is -2.20. The number of hydrogen-bond donors (Lipinski definition) is 1. The minimum atomic E-state index is -4.51. The van der Waals surface area contributed by atoms with Crippen molar-refractivity contribution < 1.29 is 17.9 Å². The van der Waals surface area contributed by atoms with Gasteiger partial charge in [-0.1, -0.05) is 60.7 Å². The van der Waals surface area contributed by atoms with Crippen molar-refractivity contribution in [2.24, 2.45) is 0 Å². The smallest absolute Gasteiger partial charge is 0.356 e. The molecule has 0 bridgehead atoms. The molecule has 4 nitrogen and oxygen atoms in total. The van der Waals surface area contributed by atoms with Gasteiger partial charge in [0.1, 0.15) is 12.4 Å². The van der Waals surface area contributed by atoms with E-state index in [1.165, 1.54) is 12.1 Å². The first-order valence-electron chi connectivity index (χ1n) is 7.70. The highest BCUT2D eigenvalue weighted by Crippen LogP contribution is 2.36. The van der Waals surface area contributed by atoms with E-state index in [0.29, 0.717) is 12.2 Å².